The summed E-state index contributed by atoms with van der Waals surface area (Å²) in [7, 11) is 0. The molecule has 1 rings (SSSR count). The maximum Gasteiger partial charge on any atom is 0.0698 e. The number of hydrogen-bond donors (Lipinski definition) is 3. The van der Waals surface area contributed by atoms with Crippen molar-refractivity contribution in [3.05, 3.63) is 22.2 Å². The second kappa shape index (κ2) is 6.73. The van der Waals surface area contributed by atoms with Gasteiger partial charge in [0.15, 0.2) is 0 Å². The van der Waals surface area contributed by atoms with Crippen LogP contribution in [0, 0.1) is 6.92 Å². The summed E-state index contributed by atoms with van der Waals surface area (Å²) in [6.07, 6.45) is 0. The molecule has 1 aromatic carbocycles. The molecule has 0 amide bonds. The molecular weight excluding hydrogens is 272 g/mol. The number of benzene rings is 1. The maximum atomic E-state index is 8.53. The molecular formula is C11H17BrN2O2. The lowest BCUT2D eigenvalue weighted by Gasteiger charge is -2.11. The minimum atomic E-state index is 0.0602. The summed E-state index contributed by atoms with van der Waals surface area (Å²) < 4.78 is 6.09. The fourth-order valence-corrected chi connectivity index (χ4v) is 1.76. The third kappa shape index (κ3) is 4.00. The number of aliphatic hydroxyl groups excluding tert-OH is 1. The summed E-state index contributed by atoms with van der Waals surface area (Å²) in [6.45, 7) is 3.67. The number of anilines is 2. The molecule has 0 fully saturated rings. The number of halogens is 1. The predicted octanol–water partition coefficient (Wildman–Crippen LogP) is 1.76. The zero-order chi connectivity index (χ0) is 12.0. The van der Waals surface area contributed by atoms with Gasteiger partial charge in [0.05, 0.1) is 19.8 Å². The molecule has 0 atom stereocenters. The second-order valence-electron chi connectivity index (χ2n) is 3.45. The van der Waals surface area contributed by atoms with Crippen LogP contribution in [-0.2, 0) is 4.74 Å². The Balaban J connectivity index is 2.45. The van der Waals surface area contributed by atoms with Gasteiger partial charge in [-0.15, -0.1) is 0 Å². The van der Waals surface area contributed by atoms with Crippen molar-refractivity contribution >= 4 is 27.3 Å². The smallest absolute Gasteiger partial charge is 0.0698 e. The Morgan fingerprint density at radius 1 is 1.44 bits per heavy atom. The molecule has 0 spiro atoms. The van der Waals surface area contributed by atoms with Crippen LogP contribution in [0.2, 0.25) is 0 Å². The number of ether oxygens (including phenoxy) is 1. The van der Waals surface area contributed by atoms with Crippen molar-refractivity contribution in [2.75, 3.05) is 37.4 Å². The van der Waals surface area contributed by atoms with Gasteiger partial charge in [-0.2, -0.15) is 0 Å². The number of aliphatic hydroxyl groups is 1. The number of hydrogen-bond acceptors (Lipinski definition) is 4. The Bertz CT molecular complexity index is 345. The van der Waals surface area contributed by atoms with Crippen molar-refractivity contribution in [2.24, 2.45) is 0 Å². The van der Waals surface area contributed by atoms with E-state index in [0.717, 1.165) is 21.4 Å². The van der Waals surface area contributed by atoms with E-state index in [4.69, 9.17) is 15.6 Å². The fraction of sp³-hybridized carbons (Fsp3) is 0.455. The average molecular weight is 289 g/mol. The first-order valence-corrected chi connectivity index (χ1v) is 5.92. The predicted molar refractivity (Wildman–Crippen MR) is 69.7 cm³/mol. The molecule has 4 N–H and O–H groups in total. The van der Waals surface area contributed by atoms with Gasteiger partial charge in [0.2, 0.25) is 0 Å². The second-order valence-corrected chi connectivity index (χ2v) is 4.31. The highest BCUT2D eigenvalue weighted by Gasteiger charge is 2.02. The van der Waals surface area contributed by atoms with Crippen molar-refractivity contribution < 1.29 is 9.84 Å². The third-order valence-corrected chi connectivity index (χ3v) is 2.81. The normalized spacial score (nSPS) is 10.4. The molecule has 0 unspecified atom stereocenters. The Kier molecular flexibility index (Phi) is 5.59. The summed E-state index contributed by atoms with van der Waals surface area (Å²) in [5, 5.41) is 11.8. The van der Waals surface area contributed by atoms with Crippen molar-refractivity contribution in [3.63, 3.8) is 0 Å². The quantitative estimate of drug-likeness (QED) is 0.551. The Morgan fingerprint density at radius 3 is 2.88 bits per heavy atom. The van der Waals surface area contributed by atoms with E-state index in [1.54, 1.807) is 0 Å². The van der Waals surface area contributed by atoms with Crippen molar-refractivity contribution in [1.82, 2.24) is 0 Å². The fourth-order valence-electron chi connectivity index (χ4n) is 1.26. The first-order valence-electron chi connectivity index (χ1n) is 5.13. The van der Waals surface area contributed by atoms with E-state index < -0.39 is 0 Å². The summed E-state index contributed by atoms with van der Waals surface area (Å²) in [6, 6.07) is 3.87. The van der Waals surface area contributed by atoms with Gasteiger partial charge in [0.25, 0.3) is 0 Å². The lowest BCUT2D eigenvalue weighted by molar-refractivity contribution is 0.0992. The van der Waals surface area contributed by atoms with E-state index in [1.165, 1.54) is 0 Å². The molecule has 0 heterocycles. The molecule has 0 saturated heterocycles. The van der Waals surface area contributed by atoms with Gasteiger partial charge in [-0.25, -0.2) is 0 Å². The third-order valence-electron chi connectivity index (χ3n) is 2.15. The number of rotatable bonds is 6. The number of nitrogens with two attached hydrogens (primary N) is 1. The molecule has 0 aromatic heterocycles. The molecule has 0 aliphatic carbocycles. The lowest BCUT2D eigenvalue weighted by atomic mass is 10.2. The number of nitrogen functional groups attached to an aromatic ring is 1. The Hall–Kier alpha value is -0.780. The van der Waals surface area contributed by atoms with Gasteiger partial charge in [0.1, 0.15) is 0 Å². The molecule has 1 aromatic rings. The van der Waals surface area contributed by atoms with Crippen LogP contribution in [0.5, 0.6) is 0 Å². The Labute approximate surface area is 104 Å². The van der Waals surface area contributed by atoms with E-state index in [9.17, 15) is 0 Å². The molecule has 90 valence electrons. The van der Waals surface area contributed by atoms with E-state index in [2.05, 4.69) is 21.2 Å². The molecule has 0 radical (unpaired) electrons. The largest absolute Gasteiger partial charge is 0.398 e. The molecule has 5 heteroatoms. The van der Waals surface area contributed by atoms with Crippen molar-refractivity contribution in [2.45, 2.75) is 6.92 Å². The van der Waals surface area contributed by atoms with Crippen LogP contribution in [0.15, 0.2) is 16.6 Å². The summed E-state index contributed by atoms with van der Waals surface area (Å²) in [4.78, 5) is 0. The van der Waals surface area contributed by atoms with Gasteiger partial charge in [0, 0.05) is 22.4 Å². The van der Waals surface area contributed by atoms with Crippen LogP contribution in [0.3, 0.4) is 0 Å². The van der Waals surface area contributed by atoms with E-state index in [1.807, 2.05) is 19.1 Å². The zero-order valence-electron chi connectivity index (χ0n) is 9.29. The first kappa shape index (κ1) is 13.3. The SMILES string of the molecule is Cc1cc(NCCOCCO)c(Br)cc1N. The molecule has 16 heavy (non-hydrogen) atoms. The number of nitrogens with one attached hydrogen (secondary N) is 1. The van der Waals surface area contributed by atoms with Gasteiger partial charge in [-0.1, -0.05) is 0 Å². The van der Waals surface area contributed by atoms with Gasteiger partial charge < -0.3 is 20.9 Å². The molecule has 0 bridgehead atoms. The molecule has 4 nitrogen and oxygen atoms in total. The lowest BCUT2D eigenvalue weighted by Crippen LogP contribution is -2.11. The van der Waals surface area contributed by atoms with E-state index in [-0.39, 0.29) is 6.61 Å². The average Bonchev–Trinajstić information content (AvgIpc) is 2.25. The highest BCUT2D eigenvalue weighted by molar-refractivity contribution is 9.10. The van der Waals surface area contributed by atoms with Crippen molar-refractivity contribution in [1.29, 1.82) is 0 Å². The van der Waals surface area contributed by atoms with Crippen LogP contribution < -0.4 is 11.1 Å². The minimum absolute atomic E-state index is 0.0602. The first-order chi connectivity index (χ1) is 7.65. The van der Waals surface area contributed by atoms with E-state index >= 15 is 0 Å². The molecule has 0 aliphatic rings. The summed E-state index contributed by atoms with van der Waals surface area (Å²) >= 11 is 3.44. The van der Waals surface area contributed by atoms with Crippen LogP contribution in [-0.4, -0.2) is 31.5 Å². The monoisotopic (exact) mass is 288 g/mol. The highest BCUT2D eigenvalue weighted by atomic mass is 79.9. The Morgan fingerprint density at radius 2 is 2.19 bits per heavy atom. The summed E-state index contributed by atoms with van der Waals surface area (Å²) in [5.41, 5.74) is 8.59. The van der Waals surface area contributed by atoms with Gasteiger partial charge >= 0.3 is 0 Å². The zero-order valence-corrected chi connectivity index (χ0v) is 10.9. The van der Waals surface area contributed by atoms with Crippen molar-refractivity contribution in [3.8, 4) is 0 Å². The minimum Gasteiger partial charge on any atom is -0.398 e. The standard InChI is InChI=1S/C11H17BrN2O2/c1-8-6-11(9(12)7-10(8)13)14-2-4-16-5-3-15/h6-7,14-15H,2-5,13H2,1H3. The van der Waals surface area contributed by atoms with Crippen LogP contribution >= 0.6 is 15.9 Å². The van der Waals surface area contributed by atoms with Crippen LogP contribution in [0.1, 0.15) is 5.56 Å². The van der Waals surface area contributed by atoms with Crippen LogP contribution in [0.4, 0.5) is 11.4 Å². The highest BCUT2D eigenvalue weighted by Crippen LogP contribution is 2.27. The molecule has 0 aliphatic heterocycles. The van der Waals surface area contributed by atoms with Crippen LogP contribution in [0.25, 0.3) is 0 Å². The number of aryl methyl sites for hydroxylation is 1. The maximum absolute atomic E-state index is 8.53. The topological polar surface area (TPSA) is 67.5 Å². The summed E-state index contributed by atoms with van der Waals surface area (Å²) in [5.74, 6) is 0. The van der Waals surface area contributed by atoms with Gasteiger partial charge in [-0.3, -0.25) is 0 Å². The van der Waals surface area contributed by atoms with Gasteiger partial charge in [-0.05, 0) is 40.5 Å². The van der Waals surface area contributed by atoms with E-state index in [0.29, 0.717) is 19.8 Å². The molecule has 0 saturated carbocycles.